The maximum absolute atomic E-state index is 12.3. The molecular formula is C18H17N3O2. The van der Waals surface area contributed by atoms with Crippen LogP contribution in [0.4, 0.5) is 11.4 Å². The summed E-state index contributed by atoms with van der Waals surface area (Å²) < 4.78 is 0. The Bertz CT molecular complexity index is 778. The van der Waals surface area contributed by atoms with Gasteiger partial charge in [-0.25, -0.2) is 0 Å². The number of nitrogens with one attached hydrogen (secondary N) is 1. The second kappa shape index (κ2) is 7.23. The summed E-state index contributed by atoms with van der Waals surface area (Å²) in [5.74, 6) is -0.616. The first-order valence-corrected chi connectivity index (χ1v) is 7.15. The van der Waals surface area contributed by atoms with Crippen molar-refractivity contribution in [2.75, 3.05) is 16.8 Å². The maximum Gasteiger partial charge on any atom is 0.244 e. The molecular weight excluding hydrogens is 290 g/mol. The van der Waals surface area contributed by atoms with E-state index in [4.69, 9.17) is 5.26 Å². The van der Waals surface area contributed by atoms with Gasteiger partial charge in [0.1, 0.15) is 12.6 Å². The first-order valence-electron chi connectivity index (χ1n) is 7.15. The highest BCUT2D eigenvalue weighted by Crippen LogP contribution is 2.20. The third kappa shape index (κ3) is 3.95. The monoisotopic (exact) mass is 307 g/mol. The molecule has 2 amide bonds. The van der Waals surface area contributed by atoms with Crippen molar-refractivity contribution in [3.8, 4) is 6.07 Å². The van der Waals surface area contributed by atoms with Crippen molar-refractivity contribution in [3.05, 3.63) is 59.7 Å². The van der Waals surface area contributed by atoms with Crippen LogP contribution in [0.25, 0.3) is 0 Å². The molecule has 23 heavy (non-hydrogen) atoms. The Kier molecular flexibility index (Phi) is 5.11. The summed E-state index contributed by atoms with van der Waals surface area (Å²) in [5, 5.41) is 12.0. The zero-order valence-electron chi connectivity index (χ0n) is 13.0. The highest BCUT2D eigenvalue weighted by atomic mass is 16.2. The average molecular weight is 307 g/mol. The zero-order chi connectivity index (χ0) is 16.8. The number of nitriles is 1. The van der Waals surface area contributed by atoms with Gasteiger partial charge in [0.05, 0.1) is 11.3 Å². The van der Waals surface area contributed by atoms with Crippen molar-refractivity contribution in [2.24, 2.45) is 0 Å². The number of nitrogens with zero attached hydrogens (tertiary/aromatic N) is 2. The van der Waals surface area contributed by atoms with E-state index in [1.165, 1.54) is 11.8 Å². The van der Waals surface area contributed by atoms with Crippen LogP contribution in [0.2, 0.25) is 0 Å². The SMILES string of the molecule is CC(=O)N(CC(=O)Nc1ccccc1C)c1ccccc1C#N. The molecule has 0 atom stereocenters. The van der Waals surface area contributed by atoms with Gasteiger partial charge < -0.3 is 10.2 Å². The molecule has 0 aliphatic heterocycles. The van der Waals surface area contributed by atoms with E-state index in [1.54, 1.807) is 30.3 Å². The van der Waals surface area contributed by atoms with Crippen molar-refractivity contribution in [2.45, 2.75) is 13.8 Å². The average Bonchev–Trinajstić information content (AvgIpc) is 2.54. The van der Waals surface area contributed by atoms with Crippen LogP contribution in [-0.4, -0.2) is 18.4 Å². The third-order valence-corrected chi connectivity index (χ3v) is 3.42. The van der Waals surface area contributed by atoms with E-state index in [9.17, 15) is 9.59 Å². The molecule has 116 valence electrons. The highest BCUT2D eigenvalue weighted by Gasteiger charge is 2.18. The maximum atomic E-state index is 12.3. The second-order valence-corrected chi connectivity index (χ2v) is 5.10. The smallest absolute Gasteiger partial charge is 0.244 e. The van der Waals surface area contributed by atoms with E-state index in [2.05, 4.69) is 5.32 Å². The summed E-state index contributed by atoms with van der Waals surface area (Å²) in [7, 11) is 0. The molecule has 0 aliphatic carbocycles. The molecule has 0 saturated carbocycles. The number of anilines is 2. The van der Waals surface area contributed by atoms with E-state index in [1.807, 2.05) is 31.2 Å². The van der Waals surface area contributed by atoms with E-state index in [0.29, 0.717) is 16.9 Å². The lowest BCUT2D eigenvalue weighted by molar-refractivity contribution is -0.120. The van der Waals surface area contributed by atoms with Crippen molar-refractivity contribution in [1.29, 1.82) is 5.26 Å². The number of carbonyl (C=O) groups excluding carboxylic acids is 2. The van der Waals surface area contributed by atoms with Gasteiger partial charge in [0.25, 0.3) is 0 Å². The lowest BCUT2D eigenvalue weighted by Gasteiger charge is -2.22. The van der Waals surface area contributed by atoms with E-state index in [0.717, 1.165) is 5.56 Å². The largest absolute Gasteiger partial charge is 0.324 e. The molecule has 2 aromatic rings. The molecule has 0 spiro atoms. The van der Waals surface area contributed by atoms with Crippen LogP contribution in [-0.2, 0) is 9.59 Å². The number of rotatable bonds is 4. The predicted octanol–water partition coefficient (Wildman–Crippen LogP) is 2.86. The fraction of sp³-hybridized carbons (Fsp3) is 0.167. The van der Waals surface area contributed by atoms with Crippen LogP contribution < -0.4 is 10.2 Å². The summed E-state index contributed by atoms with van der Waals surface area (Å²) in [6, 6.07) is 16.2. The minimum absolute atomic E-state index is 0.150. The van der Waals surface area contributed by atoms with Crippen molar-refractivity contribution >= 4 is 23.2 Å². The summed E-state index contributed by atoms with van der Waals surface area (Å²) >= 11 is 0. The van der Waals surface area contributed by atoms with Gasteiger partial charge in [0, 0.05) is 12.6 Å². The standard InChI is InChI=1S/C18H17N3O2/c1-13-7-3-5-9-16(13)20-18(23)12-21(14(2)22)17-10-6-4-8-15(17)11-19/h3-10H,12H2,1-2H3,(H,20,23). The Morgan fingerprint density at radius 3 is 2.43 bits per heavy atom. The summed E-state index contributed by atoms with van der Waals surface area (Å²) in [6.07, 6.45) is 0. The molecule has 0 aliphatic rings. The van der Waals surface area contributed by atoms with Crippen LogP contribution in [0.15, 0.2) is 48.5 Å². The number of carbonyl (C=O) groups is 2. The van der Waals surface area contributed by atoms with E-state index < -0.39 is 0 Å². The normalized spacial score (nSPS) is 9.78. The predicted molar refractivity (Wildman–Crippen MR) is 89.0 cm³/mol. The Morgan fingerprint density at radius 1 is 1.13 bits per heavy atom. The minimum Gasteiger partial charge on any atom is -0.324 e. The molecule has 2 rings (SSSR count). The number of aryl methyl sites for hydroxylation is 1. The van der Waals surface area contributed by atoms with Gasteiger partial charge in [-0.05, 0) is 30.7 Å². The summed E-state index contributed by atoms with van der Waals surface area (Å²) in [6.45, 7) is 3.11. The number of amides is 2. The van der Waals surface area contributed by atoms with Gasteiger partial charge in [-0.15, -0.1) is 0 Å². The lowest BCUT2D eigenvalue weighted by Crippen LogP contribution is -2.37. The Labute approximate surface area is 135 Å². The summed E-state index contributed by atoms with van der Waals surface area (Å²) in [4.78, 5) is 25.5. The molecule has 0 saturated heterocycles. The van der Waals surface area contributed by atoms with E-state index in [-0.39, 0.29) is 18.4 Å². The van der Waals surface area contributed by atoms with Gasteiger partial charge in [0.2, 0.25) is 11.8 Å². The molecule has 0 unspecified atom stereocenters. The fourth-order valence-electron chi connectivity index (χ4n) is 2.22. The molecule has 0 heterocycles. The van der Waals surface area contributed by atoms with Crippen LogP contribution in [0.5, 0.6) is 0 Å². The molecule has 0 bridgehead atoms. The number of hydrogen-bond acceptors (Lipinski definition) is 3. The molecule has 5 heteroatoms. The Hall–Kier alpha value is -3.13. The summed E-state index contributed by atoms with van der Waals surface area (Å²) in [5.41, 5.74) is 2.43. The topological polar surface area (TPSA) is 73.2 Å². The van der Waals surface area contributed by atoms with Gasteiger partial charge in [-0.2, -0.15) is 5.26 Å². The number of para-hydroxylation sites is 2. The lowest BCUT2D eigenvalue weighted by atomic mass is 10.1. The van der Waals surface area contributed by atoms with Crippen molar-refractivity contribution < 1.29 is 9.59 Å². The third-order valence-electron chi connectivity index (χ3n) is 3.42. The van der Waals surface area contributed by atoms with Crippen LogP contribution in [0.1, 0.15) is 18.1 Å². The molecule has 0 aromatic heterocycles. The Balaban J connectivity index is 2.20. The highest BCUT2D eigenvalue weighted by molar-refractivity contribution is 6.02. The van der Waals surface area contributed by atoms with Crippen molar-refractivity contribution in [3.63, 3.8) is 0 Å². The number of hydrogen-bond donors (Lipinski definition) is 1. The fourth-order valence-corrected chi connectivity index (χ4v) is 2.22. The van der Waals surface area contributed by atoms with Gasteiger partial charge in [0.15, 0.2) is 0 Å². The van der Waals surface area contributed by atoms with Crippen LogP contribution in [0, 0.1) is 18.3 Å². The molecule has 2 aromatic carbocycles. The van der Waals surface area contributed by atoms with E-state index >= 15 is 0 Å². The van der Waals surface area contributed by atoms with Crippen molar-refractivity contribution in [1.82, 2.24) is 0 Å². The van der Waals surface area contributed by atoms with Crippen LogP contribution >= 0.6 is 0 Å². The molecule has 5 nitrogen and oxygen atoms in total. The zero-order valence-corrected chi connectivity index (χ0v) is 13.0. The second-order valence-electron chi connectivity index (χ2n) is 5.10. The Morgan fingerprint density at radius 2 is 1.78 bits per heavy atom. The van der Waals surface area contributed by atoms with Gasteiger partial charge in [-0.3, -0.25) is 9.59 Å². The minimum atomic E-state index is -0.317. The molecule has 0 radical (unpaired) electrons. The van der Waals surface area contributed by atoms with Gasteiger partial charge in [-0.1, -0.05) is 30.3 Å². The number of benzene rings is 2. The quantitative estimate of drug-likeness (QED) is 0.944. The molecule has 1 N–H and O–H groups in total. The molecule has 0 fully saturated rings. The van der Waals surface area contributed by atoms with Gasteiger partial charge >= 0.3 is 0 Å². The van der Waals surface area contributed by atoms with Crippen LogP contribution in [0.3, 0.4) is 0 Å². The first-order chi connectivity index (χ1) is 11.0. The first kappa shape index (κ1) is 16.2.